The maximum absolute atomic E-state index is 11.2. The molecule has 0 bridgehead atoms. The number of aryl methyl sites for hydroxylation is 2. The van der Waals surface area contributed by atoms with Crippen LogP contribution in [-0.2, 0) is 13.5 Å². The van der Waals surface area contributed by atoms with Gasteiger partial charge in [-0.25, -0.2) is 0 Å². The topological polar surface area (TPSA) is 38.0 Å². The lowest BCUT2D eigenvalue weighted by atomic mass is 9.68. The Hall–Kier alpha value is -0.350. The van der Waals surface area contributed by atoms with Crippen molar-refractivity contribution in [3.05, 3.63) is 15.9 Å². The van der Waals surface area contributed by atoms with Crippen LogP contribution in [0.15, 0.2) is 4.47 Å². The van der Waals surface area contributed by atoms with Crippen molar-refractivity contribution in [2.24, 2.45) is 18.9 Å². The van der Waals surface area contributed by atoms with Crippen LogP contribution in [0.25, 0.3) is 0 Å². The van der Waals surface area contributed by atoms with Gasteiger partial charge in [0.25, 0.3) is 0 Å². The van der Waals surface area contributed by atoms with E-state index in [-0.39, 0.29) is 0 Å². The Balaban J connectivity index is 2.28. The predicted molar refractivity (Wildman–Crippen MR) is 81.1 cm³/mol. The molecule has 0 aliphatic heterocycles. The van der Waals surface area contributed by atoms with Crippen molar-refractivity contribution in [3.8, 4) is 0 Å². The summed E-state index contributed by atoms with van der Waals surface area (Å²) in [7, 11) is 1.96. The predicted octanol–water partition coefficient (Wildman–Crippen LogP) is 3.61. The van der Waals surface area contributed by atoms with E-state index in [9.17, 15) is 5.11 Å². The highest BCUT2D eigenvalue weighted by molar-refractivity contribution is 9.10. The first kappa shape index (κ1) is 15.0. The van der Waals surface area contributed by atoms with E-state index >= 15 is 0 Å². The first-order valence-electron chi connectivity index (χ1n) is 7.25. The van der Waals surface area contributed by atoms with Crippen LogP contribution in [0.2, 0.25) is 0 Å². The van der Waals surface area contributed by atoms with Crippen molar-refractivity contribution in [1.82, 2.24) is 9.78 Å². The molecule has 0 spiro atoms. The van der Waals surface area contributed by atoms with Crippen LogP contribution in [0.1, 0.15) is 50.9 Å². The van der Waals surface area contributed by atoms with Gasteiger partial charge in [-0.1, -0.05) is 26.7 Å². The molecule has 0 radical (unpaired) electrons. The van der Waals surface area contributed by atoms with E-state index < -0.39 is 5.60 Å². The lowest BCUT2D eigenvalue weighted by molar-refractivity contribution is -0.0665. The van der Waals surface area contributed by atoms with Crippen molar-refractivity contribution >= 4 is 15.9 Å². The molecular weight excluding hydrogens is 304 g/mol. The van der Waals surface area contributed by atoms with Crippen LogP contribution in [0.3, 0.4) is 0 Å². The quantitative estimate of drug-likeness (QED) is 0.920. The second-order valence-corrected chi connectivity index (χ2v) is 7.14. The first-order valence-corrected chi connectivity index (χ1v) is 8.05. The van der Waals surface area contributed by atoms with Crippen molar-refractivity contribution in [2.75, 3.05) is 0 Å². The van der Waals surface area contributed by atoms with Crippen LogP contribution in [-0.4, -0.2) is 20.5 Å². The third-order valence-corrected chi connectivity index (χ3v) is 5.64. The fourth-order valence-corrected chi connectivity index (χ4v) is 4.06. The Labute approximate surface area is 124 Å². The monoisotopic (exact) mass is 328 g/mol. The molecule has 1 N–H and O–H groups in total. The van der Waals surface area contributed by atoms with Gasteiger partial charge < -0.3 is 5.11 Å². The highest BCUT2D eigenvalue weighted by Crippen LogP contribution is 2.41. The molecule has 0 amide bonds. The summed E-state index contributed by atoms with van der Waals surface area (Å²) in [4.78, 5) is 0. The van der Waals surface area contributed by atoms with Crippen LogP contribution in [0.4, 0.5) is 0 Å². The zero-order valence-corrected chi connectivity index (χ0v) is 14.0. The summed E-state index contributed by atoms with van der Waals surface area (Å²) in [5, 5.41) is 15.6. The summed E-state index contributed by atoms with van der Waals surface area (Å²) >= 11 is 3.61. The zero-order chi connectivity index (χ0) is 14.2. The average molecular weight is 329 g/mol. The highest BCUT2D eigenvalue weighted by atomic mass is 79.9. The lowest BCUT2D eigenvalue weighted by Crippen LogP contribution is -2.45. The van der Waals surface area contributed by atoms with Gasteiger partial charge in [0.15, 0.2) is 0 Å². The maximum Gasteiger partial charge on any atom is 0.0738 e. The third kappa shape index (κ3) is 2.89. The standard InChI is InChI=1S/C15H25BrN2O/c1-10(2)12-7-5-6-8-15(12,19)9-13-14(16)11(3)17-18(13)4/h10,12,19H,5-9H2,1-4H3. The summed E-state index contributed by atoms with van der Waals surface area (Å²) in [5.41, 5.74) is 1.54. The molecular formula is C15H25BrN2O. The minimum absolute atomic E-state index is 0.392. The van der Waals surface area contributed by atoms with Crippen molar-refractivity contribution < 1.29 is 5.11 Å². The van der Waals surface area contributed by atoms with E-state index in [1.807, 2.05) is 18.7 Å². The van der Waals surface area contributed by atoms with Crippen LogP contribution in [0.5, 0.6) is 0 Å². The van der Waals surface area contributed by atoms with E-state index in [1.165, 1.54) is 6.42 Å². The van der Waals surface area contributed by atoms with E-state index in [0.29, 0.717) is 18.3 Å². The molecule has 1 aromatic heterocycles. The third-order valence-electron chi connectivity index (χ3n) is 4.60. The molecule has 2 rings (SSSR count). The van der Waals surface area contributed by atoms with Crippen LogP contribution >= 0.6 is 15.9 Å². The molecule has 2 atom stereocenters. The van der Waals surface area contributed by atoms with Crippen molar-refractivity contribution in [2.45, 2.75) is 58.5 Å². The molecule has 1 heterocycles. The molecule has 1 fully saturated rings. The molecule has 0 saturated heterocycles. The Morgan fingerprint density at radius 2 is 2.16 bits per heavy atom. The number of halogens is 1. The van der Waals surface area contributed by atoms with E-state index in [4.69, 9.17) is 0 Å². The van der Waals surface area contributed by atoms with Crippen molar-refractivity contribution in [3.63, 3.8) is 0 Å². The van der Waals surface area contributed by atoms with Gasteiger partial charge in [0, 0.05) is 13.5 Å². The smallest absolute Gasteiger partial charge is 0.0738 e. The minimum atomic E-state index is -0.574. The van der Waals surface area contributed by atoms with Crippen LogP contribution < -0.4 is 0 Å². The number of rotatable bonds is 3. The van der Waals surface area contributed by atoms with Gasteiger partial charge in [-0.15, -0.1) is 0 Å². The molecule has 3 nitrogen and oxygen atoms in total. The summed E-state index contributed by atoms with van der Waals surface area (Å²) in [6.45, 7) is 6.45. The van der Waals surface area contributed by atoms with Gasteiger partial charge in [-0.2, -0.15) is 5.10 Å². The lowest BCUT2D eigenvalue weighted by Gasteiger charge is -2.42. The van der Waals surface area contributed by atoms with Gasteiger partial charge >= 0.3 is 0 Å². The van der Waals surface area contributed by atoms with Gasteiger partial charge in [0.2, 0.25) is 0 Å². The number of nitrogens with zero attached hydrogens (tertiary/aromatic N) is 2. The number of aromatic nitrogens is 2. The second kappa shape index (κ2) is 5.57. The molecule has 108 valence electrons. The molecule has 2 unspecified atom stereocenters. The Morgan fingerprint density at radius 1 is 1.47 bits per heavy atom. The van der Waals surface area contributed by atoms with E-state index in [1.54, 1.807) is 0 Å². The van der Waals surface area contributed by atoms with E-state index in [2.05, 4.69) is 34.9 Å². The maximum atomic E-state index is 11.2. The second-order valence-electron chi connectivity index (χ2n) is 6.35. The highest BCUT2D eigenvalue weighted by Gasteiger charge is 2.41. The fraction of sp³-hybridized carbons (Fsp3) is 0.800. The average Bonchev–Trinajstić information content (AvgIpc) is 2.56. The summed E-state index contributed by atoms with van der Waals surface area (Å²) in [6, 6.07) is 0. The summed E-state index contributed by atoms with van der Waals surface area (Å²) in [5.74, 6) is 0.918. The number of hydrogen-bond donors (Lipinski definition) is 1. The van der Waals surface area contributed by atoms with Gasteiger partial charge in [-0.3, -0.25) is 4.68 Å². The van der Waals surface area contributed by atoms with Crippen LogP contribution in [0, 0.1) is 18.8 Å². The molecule has 1 aliphatic rings. The molecule has 1 saturated carbocycles. The van der Waals surface area contributed by atoms with Gasteiger partial charge in [0.05, 0.1) is 21.5 Å². The molecule has 19 heavy (non-hydrogen) atoms. The summed E-state index contributed by atoms with van der Waals surface area (Å²) < 4.78 is 2.96. The number of hydrogen-bond acceptors (Lipinski definition) is 2. The summed E-state index contributed by atoms with van der Waals surface area (Å²) in [6.07, 6.45) is 5.13. The van der Waals surface area contributed by atoms with Gasteiger partial charge in [0.1, 0.15) is 0 Å². The van der Waals surface area contributed by atoms with Crippen molar-refractivity contribution in [1.29, 1.82) is 0 Å². The SMILES string of the molecule is Cc1nn(C)c(CC2(O)CCCCC2C(C)C)c1Br. The minimum Gasteiger partial charge on any atom is -0.389 e. The Kier molecular flexibility index (Phi) is 4.41. The van der Waals surface area contributed by atoms with E-state index in [0.717, 1.165) is 35.1 Å². The molecule has 4 heteroatoms. The van der Waals surface area contributed by atoms with Gasteiger partial charge in [-0.05, 0) is 47.5 Å². The fourth-order valence-electron chi connectivity index (χ4n) is 3.58. The molecule has 1 aliphatic carbocycles. The zero-order valence-electron chi connectivity index (χ0n) is 12.4. The Bertz CT molecular complexity index is 455. The number of aliphatic hydroxyl groups is 1. The Morgan fingerprint density at radius 3 is 2.68 bits per heavy atom. The normalized spacial score (nSPS) is 28.1. The largest absolute Gasteiger partial charge is 0.389 e. The molecule has 1 aromatic rings. The first-order chi connectivity index (χ1) is 8.85. The molecule has 0 aromatic carbocycles.